The Morgan fingerprint density at radius 3 is 2.80 bits per heavy atom. The van der Waals surface area contributed by atoms with Crippen LogP contribution in [0.25, 0.3) is 11.0 Å². The minimum Gasteiger partial charge on any atom is -0.464 e. The fourth-order valence-corrected chi connectivity index (χ4v) is 2.23. The Bertz CT molecular complexity index is 811. The van der Waals surface area contributed by atoms with Gasteiger partial charge < -0.3 is 9.73 Å². The number of fused-ring (bicyclic) bond motifs is 1. The van der Waals surface area contributed by atoms with Gasteiger partial charge in [0, 0.05) is 17.3 Å². The molecule has 1 N–H and O–H groups in total. The minimum absolute atomic E-state index is 0.0126. The van der Waals surface area contributed by atoms with E-state index in [2.05, 4.69) is 5.32 Å². The van der Waals surface area contributed by atoms with Crippen LogP contribution in [-0.2, 0) is 6.54 Å². The van der Waals surface area contributed by atoms with Gasteiger partial charge in [-0.2, -0.15) is 0 Å². The van der Waals surface area contributed by atoms with E-state index in [0.29, 0.717) is 28.1 Å². The van der Waals surface area contributed by atoms with Crippen LogP contribution in [0.5, 0.6) is 0 Å². The second kappa shape index (κ2) is 5.39. The largest absolute Gasteiger partial charge is 0.464 e. The third-order valence-corrected chi connectivity index (χ3v) is 3.29. The van der Waals surface area contributed by atoms with Crippen LogP contribution in [0.1, 0.15) is 5.56 Å². The van der Waals surface area contributed by atoms with Crippen LogP contribution in [0.15, 0.2) is 64.0 Å². The summed E-state index contributed by atoms with van der Waals surface area (Å²) in [7, 11) is 0. The average molecular weight is 286 g/mol. The van der Waals surface area contributed by atoms with Gasteiger partial charge in [-0.1, -0.05) is 29.8 Å². The Labute approximate surface area is 120 Å². The van der Waals surface area contributed by atoms with Crippen molar-refractivity contribution < 1.29 is 4.42 Å². The van der Waals surface area contributed by atoms with Crippen molar-refractivity contribution in [1.82, 2.24) is 0 Å². The van der Waals surface area contributed by atoms with Crippen molar-refractivity contribution in [3.05, 3.63) is 75.6 Å². The Morgan fingerprint density at radius 2 is 1.95 bits per heavy atom. The van der Waals surface area contributed by atoms with Crippen molar-refractivity contribution in [3.63, 3.8) is 0 Å². The lowest BCUT2D eigenvalue weighted by Crippen LogP contribution is -2.12. The molecule has 20 heavy (non-hydrogen) atoms. The lowest BCUT2D eigenvalue weighted by molar-refractivity contribution is 0.594. The molecule has 0 aliphatic heterocycles. The lowest BCUT2D eigenvalue weighted by atomic mass is 10.1. The maximum atomic E-state index is 12.3. The molecule has 0 spiro atoms. The van der Waals surface area contributed by atoms with Crippen LogP contribution in [0.3, 0.4) is 0 Å². The normalized spacial score (nSPS) is 10.7. The molecular formula is C16H12ClNO2. The number of anilines is 1. The van der Waals surface area contributed by atoms with Gasteiger partial charge in [-0.25, -0.2) is 0 Å². The zero-order chi connectivity index (χ0) is 13.9. The predicted molar refractivity (Wildman–Crippen MR) is 81.3 cm³/mol. The molecule has 4 heteroatoms. The summed E-state index contributed by atoms with van der Waals surface area (Å²) in [5, 5.41) is 4.41. The molecule has 0 fully saturated rings. The highest BCUT2D eigenvalue weighted by Gasteiger charge is 2.06. The van der Waals surface area contributed by atoms with E-state index in [9.17, 15) is 4.79 Å². The van der Waals surface area contributed by atoms with Gasteiger partial charge in [-0.15, -0.1) is 0 Å². The zero-order valence-electron chi connectivity index (χ0n) is 10.6. The predicted octanol–water partition coefficient (Wildman–Crippen LogP) is 4.06. The Morgan fingerprint density at radius 1 is 1.10 bits per heavy atom. The van der Waals surface area contributed by atoms with Gasteiger partial charge in [0.15, 0.2) is 5.43 Å². The topological polar surface area (TPSA) is 42.2 Å². The highest BCUT2D eigenvalue weighted by atomic mass is 35.5. The molecule has 0 bridgehead atoms. The molecule has 0 unspecified atom stereocenters. The lowest BCUT2D eigenvalue weighted by Gasteiger charge is -2.06. The first-order chi connectivity index (χ1) is 9.74. The molecule has 2 aromatic carbocycles. The zero-order valence-corrected chi connectivity index (χ0v) is 11.4. The van der Waals surface area contributed by atoms with Gasteiger partial charge >= 0.3 is 0 Å². The molecule has 100 valence electrons. The summed E-state index contributed by atoms with van der Waals surface area (Å²) in [5.74, 6) is 0. The summed E-state index contributed by atoms with van der Waals surface area (Å²) in [6, 6.07) is 14.6. The summed E-state index contributed by atoms with van der Waals surface area (Å²) in [6.07, 6.45) is 1.50. The second-order valence-corrected chi connectivity index (χ2v) is 4.89. The van der Waals surface area contributed by atoms with Crippen LogP contribution in [0.4, 0.5) is 5.69 Å². The fourth-order valence-electron chi connectivity index (χ4n) is 2.04. The molecule has 0 radical (unpaired) electrons. The highest BCUT2D eigenvalue weighted by molar-refractivity contribution is 6.30. The van der Waals surface area contributed by atoms with Gasteiger partial charge in [0.1, 0.15) is 5.58 Å². The van der Waals surface area contributed by atoms with Crippen molar-refractivity contribution in [2.45, 2.75) is 6.54 Å². The first-order valence-corrected chi connectivity index (χ1v) is 6.61. The summed E-state index contributed by atoms with van der Waals surface area (Å²) >= 11 is 5.92. The standard InChI is InChI=1S/C16H12ClNO2/c17-12-4-3-5-13(8-12)18-9-11-10-20-15-7-2-1-6-14(15)16(11)19/h1-8,10,18H,9H2. The fraction of sp³-hybridized carbons (Fsp3) is 0.0625. The molecule has 3 rings (SSSR count). The summed E-state index contributed by atoms with van der Waals surface area (Å²) < 4.78 is 5.47. The second-order valence-electron chi connectivity index (χ2n) is 4.45. The number of rotatable bonds is 3. The van der Waals surface area contributed by atoms with Gasteiger partial charge in [0.05, 0.1) is 17.2 Å². The van der Waals surface area contributed by atoms with Crippen LogP contribution in [0, 0.1) is 0 Å². The highest BCUT2D eigenvalue weighted by Crippen LogP contribution is 2.16. The molecule has 0 saturated heterocycles. The molecule has 1 aromatic heterocycles. The van der Waals surface area contributed by atoms with E-state index >= 15 is 0 Å². The quantitative estimate of drug-likeness (QED) is 0.789. The van der Waals surface area contributed by atoms with Crippen molar-refractivity contribution in [2.75, 3.05) is 5.32 Å². The minimum atomic E-state index is -0.0126. The van der Waals surface area contributed by atoms with Gasteiger partial charge in [0.2, 0.25) is 0 Å². The van der Waals surface area contributed by atoms with Gasteiger partial charge in [0.25, 0.3) is 0 Å². The van der Waals surface area contributed by atoms with Gasteiger partial charge in [-0.05, 0) is 30.3 Å². The molecule has 3 aromatic rings. The first kappa shape index (κ1) is 12.8. The number of para-hydroxylation sites is 1. The van der Waals surface area contributed by atoms with Crippen LogP contribution < -0.4 is 10.7 Å². The van der Waals surface area contributed by atoms with E-state index in [0.717, 1.165) is 5.69 Å². The van der Waals surface area contributed by atoms with E-state index in [1.54, 1.807) is 18.2 Å². The number of benzene rings is 2. The van der Waals surface area contributed by atoms with Gasteiger partial charge in [-0.3, -0.25) is 4.79 Å². The number of hydrogen-bond donors (Lipinski definition) is 1. The van der Waals surface area contributed by atoms with Crippen molar-refractivity contribution >= 4 is 28.3 Å². The van der Waals surface area contributed by atoms with Crippen molar-refractivity contribution in [3.8, 4) is 0 Å². The Kier molecular flexibility index (Phi) is 3.44. The van der Waals surface area contributed by atoms with E-state index in [4.69, 9.17) is 16.0 Å². The molecule has 0 saturated carbocycles. The molecule has 0 aliphatic carbocycles. The third-order valence-electron chi connectivity index (χ3n) is 3.06. The van der Waals surface area contributed by atoms with E-state index < -0.39 is 0 Å². The third kappa shape index (κ3) is 2.53. The average Bonchev–Trinajstić information content (AvgIpc) is 2.47. The number of hydrogen-bond acceptors (Lipinski definition) is 3. The maximum Gasteiger partial charge on any atom is 0.197 e. The Balaban J connectivity index is 1.88. The van der Waals surface area contributed by atoms with Crippen LogP contribution in [-0.4, -0.2) is 0 Å². The van der Waals surface area contributed by atoms with Crippen molar-refractivity contribution in [1.29, 1.82) is 0 Å². The van der Waals surface area contributed by atoms with E-state index in [1.807, 2.05) is 30.3 Å². The smallest absolute Gasteiger partial charge is 0.197 e. The summed E-state index contributed by atoms with van der Waals surface area (Å²) in [4.78, 5) is 12.3. The number of halogens is 1. The summed E-state index contributed by atoms with van der Waals surface area (Å²) in [5.41, 5.74) is 2.04. The van der Waals surface area contributed by atoms with Crippen LogP contribution >= 0.6 is 11.6 Å². The van der Waals surface area contributed by atoms with E-state index in [-0.39, 0.29) is 5.43 Å². The molecule has 3 nitrogen and oxygen atoms in total. The molecule has 0 amide bonds. The Hall–Kier alpha value is -2.26. The first-order valence-electron chi connectivity index (χ1n) is 6.23. The van der Waals surface area contributed by atoms with Crippen LogP contribution in [0.2, 0.25) is 5.02 Å². The SMILES string of the molecule is O=c1c(CNc2cccc(Cl)c2)coc2ccccc12. The monoisotopic (exact) mass is 285 g/mol. The van der Waals surface area contributed by atoms with Crippen molar-refractivity contribution in [2.24, 2.45) is 0 Å². The summed E-state index contributed by atoms with van der Waals surface area (Å²) in [6.45, 7) is 0.396. The molecular weight excluding hydrogens is 274 g/mol. The number of nitrogens with one attached hydrogen (secondary N) is 1. The van der Waals surface area contributed by atoms with E-state index in [1.165, 1.54) is 6.26 Å². The maximum absolute atomic E-state index is 12.3. The molecule has 0 atom stereocenters. The molecule has 1 heterocycles. The molecule has 0 aliphatic rings.